The summed E-state index contributed by atoms with van der Waals surface area (Å²) in [6, 6.07) is 4.95. The number of hydrogen-bond donors (Lipinski definition) is 3. The lowest BCUT2D eigenvalue weighted by molar-refractivity contribution is -0.116. The zero-order valence-corrected chi connectivity index (χ0v) is 11.6. The monoisotopic (exact) mass is 283 g/mol. The molecule has 1 rings (SSSR count). The predicted molar refractivity (Wildman–Crippen MR) is 77.3 cm³/mol. The highest BCUT2D eigenvalue weighted by Crippen LogP contribution is 2.25. The molecule has 0 fully saturated rings. The molecule has 0 unspecified atom stereocenters. The van der Waals surface area contributed by atoms with Crippen LogP contribution in [0.15, 0.2) is 18.2 Å². The zero-order valence-electron chi connectivity index (χ0n) is 10.8. The Labute approximate surface area is 117 Å². The van der Waals surface area contributed by atoms with Gasteiger partial charge in [-0.3, -0.25) is 9.59 Å². The molecule has 0 aliphatic rings. The van der Waals surface area contributed by atoms with Crippen molar-refractivity contribution < 1.29 is 9.59 Å². The molecule has 0 saturated carbocycles. The van der Waals surface area contributed by atoms with Crippen molar-refractivity contribution in [3.05, 3.63) is 23.2 Å². The SMILES string of the molecule is CC(=O)Nc1ccc(NC(=O)CCCCN)cc1Cl. The first-order chi connectivity index (χ1) is 9.02. The molecule has 19 heavy (non-hydrogen) atoms. The maximum Gasteiger partial charge on any atom is 0.224 e. The number of carbonyl (C=O) groups excluding carboxylic acids is 2. The topological polar surface area (TPSA) is 84.2 Å². The number of anilines is 2. The number of nitrogens with two attached hydrogens (primary N) is 1. The first-order valence-corrected chi connectivity index (χ1v) is 6.48. The summed E-state index contributed by atoms with van der Waals surface area (Å²) < 4.78 is 0. The van der Waals surface area contributed by atoms with Gasteiger partial charge < -0.3 is 16.4 Å². The number of benzene rings is 1. The maximum absolute atomic E-state index is 11.6. The lowest BCUT2D eigenvalue weighted by atomic mass is 10.2. The Balaban J connectivity index is 2.58. The molecule has 0 atom stereocenters. The standard InChI is InChI=1S/C13H18ClN3O2/c1-9(18)16-12-6-5-10(8-11(12)14)17-13(19)4-2-3-7-15/h5-6,8H,2-4,7,15H2,1H3,(H,16,18)(H,17,19). The minimum Gasteiger partial charge on any atom is -0.330 e. The predicted octanol–water partition coefficient (Wildman–Crippen LogP) is 2.37. The van der Waals surface area contributed by atoms with Gasteiger partial charge in [0.1, 0.15) is 0 Å². The van der Waals surface area contributed by atoms with Crippen LogP contribution in [0.25, 0.3) is 0 Å². The number of rotatable bonds is 6. The van der Waals surface area contributed by atoms with Crippen molar-refractivity contribution >= 4 is 34.8 Å². The van der Waals surface area contributed by atoms with Crippen LogP contribution in [0.1, 0.15) is 26.2 Å². The van der Waals surface area contributed by atoms with Crippen molar-refractivity contribution in [1.82, 2.24) is 0 Å². The Morgan fingerprint density at radius 3 is 2.58 bits per heavy atom. The van der Waals surface area contributed by atoms with E-state index in [1.807, 2.05) is 0 Å². The molecular weight excluding hydrogens is 266 g/mol. The molecule has 4 N–H and O–H groups in total. The van der Waals surface area contributed by atoms with E-state index in [1.165, 1.54) is 6.92 Å². The van der Waals surface area contributed by atoms with Gasteiger partial charge in [-0.2, -0.15) is 0 Å². The molecular formula is C13H18ClN3O2. The van der Waals surface area contributed by atoms with E-state index >= 15 is 0 Å². The van der Waals surface area contributed by atoms with Gasteiger partial charge >= 0.3 is 0 Å². The molecule has 5 nitrogen and oxygen atoms in total. The second-order valence-corrected chi connectivity index (χ2v) is 4.58. The van der Waals surface area contributed by atoms with Crippen LogP contribution >= 0.6 is 11.6 Å². The van der Waals surface area contributed by atoms with Crippen LogP contribution in [0, 0.1) is 0 Å². The first-order valence-electron chi connectivity index (χ1n) is 6.10. The highest BCUT2D eigenvalue weighted by molar-refractivity contribution is 6.34. The van der Waals surface area contributed by atoms with Gasteiger partial charge in [0.15, 0.2) is 0 Å². The Bertz CT molecular complexity index is 463. The molecule has 0 aliphatic carbocycles. The van der Waals surface area contributed by atoms with Crippen LogP contribution in [-0.2, 0) is 9.59 Å². The normalized spacial score (nSPS) is 10.1. The quantitative estimate of drug-likeness (QED) is 0.701. The molecule has 0 spiro atoms. The van der Waals surface area contributed by atoms with Crippen molar-refractivity contribution in [1.29, 1.82) is 0 Å². The number of nitrogens with one attached hydrogen (secondary N) is 2. The molecule has 1 aromatic carbocycles. The molecule has 1 aromatic rings. The van der Waals surface area contributed by atoms with Gasteiger partial charge in [0, 0.05) is 19.0 Å². The molecule has 0 aromatic heterocycles. The van der Waals surface area contributed by atoms with E-state index in [-0.39, 0.29) is 11.8 Å². The van der Waals surface area contributed by atoms with Gasteiger partial charge in [0.05, 0.1) is 10.7 Å². The Morgan fingerprint density at radius 1 is 1.26 bits per heavy atom. The fourth-order valence-electron chi connectivity index (χ4n) is 1.54. The lowest BCUT2D eigenvalue weighted by Gasteiger charge is -2.09. The molecule has 0 saturated heterocycles. The van der Waals surface area contributed by atoms with E-state index in [4.69, 9.17) is 17.3 Å². The molecule has 0 heterocycles. The molecule has 0 bridgehead atoms. The third kappa shape index (κ3) is 5.72. The third-order valence-corrected chi connectivity index (χ3v) is 2.73. The van der Waals surface area contributed by atoms with Crippen molar-refractivity contribution in [3.63, 3.8) is 0 Å². The Morgan fingerprint density at radius 2 is 2.00 bits per heavy atom. The number of halogens is 1. The van der Waals surface area contributed by atoms with Crippen LogP contribution in [0.4, 0.5) is 11.4 Å². The second-order valence-electron chi connectivity index (χ2n) is 4.17. The summed E-state index contributed by atoms with van der Waals surface area (Å²) in [6.45, 7) is 1.99. The van der Waals surface area contributed by atoms with E-state index < -0.39 is 0 Å². The van der Waals surface area contributed by atoms with Gasteiger partial charge in [-0.25, -0.2) is 0 Å². The number of hydrogen-bond acceptors (Lipinski definition) is 3. The minimum absolute atomic E-state index is 0.0724. The second kappa shape index (κ2) is 7.76. The van der Waals surface area contributed by atoms with Crippen LogP contribution in [0.2, 0.25) is 5.02 Å². The van der Waals surface area contributed by atoms with E-state index in [2.05, 4.69) is 10.6 Å². The summed E-state index contributed by atoms with van der Waals surface area (Å²) >= 11 is 6.00. The molecule has 0 aliphatic heterocycles. The van der Waals surface area contributed by atoms with Gasteiger partial charge in [-0.15, -0.1) is 0 Å². The summed E-state index contributed by atoms with van der Waals surface area (Å²) in [5.41, 5.74) is 6.49. The fraction of sp³-hybridized carbons (Fsp3) is 0.385. The molecule has 6 heteroatoms. The van der Waals surface area contributed by atoms with E-state index in [0.29, 0.717) is 29.4 Å². The van der Waals surface area contributed by atoms with Crippen molar-refractivity contribution in [3.8, 4) is 0 Å². The Hall–Kier alpha value is -1.59. The minimum atomic E-state index is -0.194. The van der Waals surface area contributed by atoms with Crippen LogP contribution in [-0.4, -0.2) is 18.4 Å². The summed E-state index contributed by atoms with van der Waals surface area (Å²) in [4.78, 5) is 22.5. The van der Waals surface area contributed by atoms with Crippen molar-refractivity contribution in [2.75, 3.05) is 17.2 Å². The zero-order chi connectivity index (χ0) is 14.3. The van der Waals surface area contributed by atoms with Crippen LogP contribution < -0.4 is 16.4 Å². The van der Waals surface area contributed by atoms with Gasteiger partial charge in [-0.1, -0.05) is 11.6 Å². The van der Waals surface area contributed by atoms with E-state index in [9.17, 15) is 9.59 Å². The number of amides is 2. The van der Waals surface area contributed by atoms with Crippen molar-refractivity contribution in [2.24, 2.45) is 5.73 Å². The van der Waals surface area contributed by atoms with E-state index in [1.54, 1.807) is 18.2 Å². The van der Waals surface area contributed by atoms with Crippen LogP contribution in [0.5, 0.6) is 0 Å². The van der Waals surface area contributed by atoms with Gasteiger partial charge in [0.25, 0.3) is 0 Å². The smallest absolute Gasteiger partial charge is 0.224 e. The number of carbonyl (C=O) groups is 2. The largest absolute Gasteiger partial charge is 0.330 e. The van der Waals surface area contributed by atoms with Gasteiger partial charge in [0.2, 0.25) is 11.8 Å². The molecule has 0 radical (unpaired) electrons. The summed E-state index contributed by atoms with van der Waals surface area (Å²) in [5, 5.41) is 5.73. The van der Waals surface area contributed by atoms with E-state index in [0.717, 1.165) is 12.8 Å². The molecule has 2 amide bonds. The summed E-state index contributed by atoms with van der Waals surface area (Å²) in [7, 11) is 0. The Kier molecular flexibility index (Phi) is 6.32. The van der Waals surface area contributed by atoms with Gasteiger partial charge in [-0.05, 0) is 37.6 Å². The first kappa shape index (κ1) is 15.5. The maximum atomic E-state index is 11.6. The highest BCUT2D eigenvalue weighted by Gasteiger charge is 2.06. The number of unbranched alkanes of at least 4 members (excludes halogenated alkanes) is 1. The lowest BCUT2D eigenvalue weighted by Crippen LogP contribution is -2.12. The molecule has 104 valence electrons. The average molecular weight is 284 g/mol. The highest BCUT2D eigenvalue weighted by atomic mass is 35.5. The summed E-state index contributed by atoms with van der Waals surface area (Å²) in [6.07, 6.45) is 2.03. The fourth-order valence-corrected chi connectivity index (χ4v) is 1.77. The summed E-state index contributed by atoms with van der Waals surface area (Å²) in [5.74, 6) is -0.266. The third-order valence-electron chi connectivity index (χ3n) is 2.42. The average Bonchev–Trinajstić information content (AvgIpc) is 2.32. The van der Waals surface area contributed by atoms with Crippen molar-refractivity contribution in [2.45, 2.75) is 26.2 Å². The van der Waals surface area contributed by atoms with Crippen LogP contribution in [0.3, 0.4) is 0 Å².